The van der Waals surface area contributed by atoms with Crippen LogP contribution in [0.1, 0.15) is 28.0 Å². The molecule has 1 aliphatic rings. The van der Waals surface area contributed by atoms with Crippen molar-refractivity contribution in [2.45, 2.75) is 6.42 Å². The van der Waals surface area contributed by atoms with Crippen LogP contribution in [0.5, 0.6) is 0 Å². The van der Waals surface area contributed by atoms with Gasteiger partial charge >= 0.3 is 11.9 Å². The topological polar surface area (TPSA) is 92.8 Å². The zero-order valence-corrected chi connectivity index (χ0v) is 16.7. The molecule has 1 aliphatic heterocycles. The molecule has 0 unspecified atom stereocenters. The van der Waals surface area contributed by atoms with Crippen LogP contribution >= 0.6 is 11.6 Å². The van der Waals surface area contributed by atoms with Crippen molar-refractivity contribution < 1.29 is 19.1 Å². The number of aliphatic imine (C=N–C) groups is 1. The number of hydrogen-bond acceptors (Lipinski definition) is 5. The summed E-state index contributed by atoms with van der Waals surface area (Å²) in [7, 11) is 2.70. The van der Waals surface area contributed by atoms with Gasteiger partial charge in [-0.15, -0.1) is 0 Å². The molecule has 0 spiro atoms. The Bertz CT molecular complexity index is 1000. The van der Waals surface area contributed by atoms with Crippen molar-refractivity contribution in [3.63, 3.8) is 0 Å². The number of carbonyl (C=O) groups excluding carboxylic acids is 2. The van der Waals surface area contributed by atoms with Crippen LogP contribution in [-0.2, 0) is 14.3 Å². The zero-order chi connectivity index (χ0) is 20.8. The Balaban J connectivity index is 1.91. The second-order valence-electron chi connectivity index (χ2n) is 6.13. The molecule has 0 saturated heterocycles. The number of carbonyl (C=O) groups is 2. The molecule has 0 bridgehead atoms. The third-order valence-corrected chi connectivity index (χ3v) is 4.50. The SMILES string of the molecule is COC(=O)CCN=C1C=C/C(=C(\c2ccc(C(=O)OC)cc2)c2ccc(Cl)[nH]2)N1. The first kappa shape index (κ1) is 20.4. The van der Waals surface area contributed by atoms with Crippen LogP contribution in [0.4, 0.5) is 0 Å². The number of amidine groups is 1. The quantitative estimate of drug-likeness (QED) is 0.708. The third-order valence-electron chi connectivity index (χ3n) is 4.28. The third kappa shape index (κ3) is 4.94. The van der Waals surface area contributed by atoms with Gasteiger partial charge in [0.05, 0.1) is 32.7 Å². The molecule has 7 nitrogen and oxygen atoms in total. The van der Waals surface area contributed by atoms with E-state index in [0.29, 0.717) is 23.1 Å². The molecular weight excluding hydrogens is 394 g/mol. The van der Waals surface area contributed by atoms with E-state index < -0.39 is 5.97 Å². The number of esters is 2. The molecule has 0 saturated carbocycles. The van der Waals surface area contributed by atoms with E-state index in [1.807, 2.05) is 30.4 Å². The van der Waals surface area contributed by atoms with Gasteiger partial charge in [-0.25, -0.2) is 4.79 Å². The zero-order valence-electron chi connectivity index (χ0n) is 16.0. The molecule has 1 aromatic carbocycles. The lowest BCUT2D eigenvalue weighted by Gasteiger charge is -2.12. The molecule has 0 fully saturated rings. The number of aromatic amines is 1. The number of allylic oxidation sites excluding steroid dienone is 1. The van der Waals surface area contributed by atoms with E-state index in [9.17, 15) is 9.59 Å². The van der Waals surface area contributed by atoms with Gasteiger partial charge in [0.2, 0.25) is 0 Å². The van der Waals surface area contributed by atoms with Gasteiger partial charge in [-0.05, 0) is 42.0 Å². The van der Waals surface area contributed by atoms with Crippen LogP contribution in [0.3, 0.4) is 0 Å². The number of rotatable bonds is 6. The van der Waals surface area contributed by atoms with Crippen LogP contribution in [0.25, 0.3) is 5.57 Å². The van der Waals surface area contributed by atoms with Crippen molar-refractivity contribution in [3.8, 4) is 0 Å². The molecule has 8 heteroatoms. The Labute approximate surface area is 173 Å². The van der Waals surface area contributed by atoms with E-state index in [0.717, 1.165) is 22.5 Å². The number of nitrogens with zero attached hydrogens (tertiary/aromatic N) is 1. The number of aromatic nitrogens is 1. The van der Waals surface area contributed by atoms with Crippen molar-refractivity contribution in [1.29, 1.82) is 0 Å². The van der Waals surface area contributed by atoms with Gasteiger partial charge in [-0.1, -0.05) is 23.7 Å². The van der Waals surface area contributed by atoms with Crippen LogP contribution in [0, 0.1) is 0 Å². The molecule has 2 N–H and O–H groups in total. The predicted octanol–water partition coefficient (Wildman–Crippen LogP) is 3.34. The Morgan fingerprint density at radius 2 is 1.72 bits per heavy atom. The first-order valence-electron chi connectivity index (χ1n) is 8.86. The Morgan fingerprint density at radius 1 is 1.00 bits per heavy atom. The van der Waals surface area contributed by atoms with Crippen LogP contribution < -0.4 is 5.32 Å². The van der Waals surface area contributed by atoms with Crippen LogP contribution in [0.2, 0.25) is 5.15 Å². The molecular formula is C21H20ClN3O4. The van der Waals surface area contributed by atoms with Gasteiger partial charge in [-0.2, -0.15) is 0 Å². The van der Waals surface area contributed by atoms with Gasteiger partial charge in [0.25, 0.3) is 0 Å². The minimum absolute atomic E-state index is 0.211. The van der Waals surface area contributed by atoms with Gasteiger partial charge in [-0.3, -0.25) is 9.79 Å². The first-order valence-corrected chi connectivity index (χ1v) is 9.24. The van der Waals surface area contributed by atoms with E-state index in [1.54, 1.807) is 18.2 Å². The molecule has 0 atom stereocenters. The number of ether oxygens (including phenoxy) is 2. The fraction of sp³-hybridized carbons (Fsp3) is 0.190. The van der Waals surface area contributed by atoms with Crippen molar-refractivity contribution in [2.75, 3.05) is 20.8 Å². The van der Waals surface area contributed by atoms with Gasteiger partial charge < -0.3 is 19.8 Å². The van der Waals surface area contributed by atoms with Crippen LogP contribution in [-0.4, -0.2) is 43.5 Å². The highest BCUT2D eigenvalue weighted by Gasteiger charge is 2.17. The standard InChI is InChI=1S/C21H20ClN3O4/c1-28-19(26)11-12-23-18-10-8-16(25-18)20(15-7-9-17(22)24-15)13-3-5-14(6-4-13)21(27)29-2/h3-10,24H,11-12H2,1-2H3,(H,23,25)/b20-16-. The van der Waals surface area contributed by atoms with Crippen molar-refractivity contribution >= 4 is 34.9 Å². The lowest BCUT2D eigenvalue weighted by molar-refractivity contribution is -0.140. The normalized spacial score (nSPS) is 15.9. The van der Waals surface area contributed by atoms with Crippen molar-refractivity contribution in [1.82, 2.24) is 10.3 Å². The maximum Gasteiger partial charge on any atom is 0.337 e. The van der Waals surface area contributed by atoms with E-state index in [-0.39, 0.29) is 12.4 Å². The first-order chi connectivity index (χ1) is 14.0. The molecule has 29 heavy (non-hydrogen) atoms. The fourth-order valence-electron chi connectivity index (χ4n) is 2.85. The summed E-state index contributed by atoms with van der Waals surface area (Å²) in [6, 6.07) is 10.7. The average Bonchev–Trinajstić information content (AvgIpc) is 3.37. The molecule has 0 radical (unpaired) electrons. The summed E-state index contributed by atoms with van der Waals surface area (Å²) < 4.78 is 9.38. The summed E-state index contributed by atoms with van der Waals surface area (Å²) in [4.78, 5) is 30.4. The number of benzene rings is 1. The second-order valence-corrected chi connectivity index (χ2v) is 6.54. The Morgan fingerprint density at radius 3 is 2.34 bits per heavy atom. The second kappa shape index (κ2) is 9.25. The smallest absolute Gasteiger partial charge is 0.337 e. The predicted molar refractivity (Wildman–Crippen MR) is 111 cm³/mol. The summed E-state index contributed by atoms with van der Waals surface area (Å²) in [5, 5.41) is 3.76. The highest BCUT2D eigenvalue weighted by molar-refractivity contribution is 6.29. The summed E-state index contributed by atoms with van der Waals surface area (Å²) >= 11 is 6.08. The van der Waals surface area contributed by atoms with Gasteiger partial charge in [0.1, 0.15) is 11.0 Å². The van der Waals surface area contributed by atoms with Crippen molar-refractivity contribution in [2.24, 2.45) is 4.99 Å². The molecule has 0 aliphatic carbocycles. The number of halogens is 1. The summed E-state index contributed by atoms with van der Waals surface area (Å²) in [5.74, 6) is -0.0580. The Kier molecular flexibility index (Phi) is 6.51. The monoisotopic (exact) mass is 413 g/mol. The number of nitrogens with one attached hydrogen (secondary N) is 2. The highest BCUT2D eigenvalue weighted by Crippen LogP contribution is 2.29. The molecule has 2 heterocycles. The largest absolute Gasteiger partial charge is 0.469 e. The average molecular weight is 414 g/mol. The van der Waals surface area contributed by atoms with Crippen molar-refractivity contribution in [3.05, 3.63) is 76.2 Å². The summed E-state index contributed by atoms with van der Waals surface area (Å²) in [5.41, 5.74) is 3.82. The summed E-state index contributed by atoms with van der Waals surface area (Å²) in [6.45, 7) is 0.324. The molecule has 0 amide bonds. The molecule has 3 rings (SSSR count). The Hall–Kier alpha value is -3.32. The molecule has 1 aromatic heterocycles. The van der Waals surface area contributed by atoms with Gasteiger partial charge in [0, 0.05) is 17.0 Å². The number of H-pyrrole nitrogens is 1. The molecule has 150 valence electrons. The lowest BCUT2D eigenvalue weighted by atomic mass is 9.99. The highest BCUT2D eigenvalue weighted by atomic mass is 35.5. The number of methoxy groups -OCH3 is 2. The van der Waals surface area contributed by atoms with E-state index in [1.165, 1.54) is 14.2 Å². The fourth-order valence-corrected chi connectivity index (χ4v) is 3.02. The minimum atomic E-state index is -0.396. The molecule has 2 aromatic rings. The maximum absolute atomic E-state index is 11.7. The lowest BCUT2D eigenvalue weighted by Crippen LogP contribution is -2.17. The number of hydrogen-bond donors (Lipinski definition) is 2. The van der Waals surface area contributed by atoms with Gasteiger partial charge in [0.15, 0.2) is 0 Å². The maximum atomic E-state index is 11.7. The van der Waals surface area contributed by atoms with E-state index in [4.69, 9.17) is 16.3 Å². The van der Waals surface area contributed by atoms with E-state index in [2.05, 4.69) is 20.0 Å². The van der Waals surface area contributed by atoms with E-state index >= 15 is 0 Å². The minimum Gasteiger partial charge on any atom is -0.469 e. The summed E-state index contributed by atoms with van der Waals surface area (Å²) in [6.07, 6.45) is 3.94. The van der Waals surface area contributed by atoms with Crippen LogP contribution in [0.15, 0.2) is 59.2 Å².